The lowest BCUT2D eigenvalue weighted by Crippen LogP contribution is -2.21. The molecule has 8 heteroatoms. The summed E-state index contributed by atoms with van der Waals surface area (Å²) >= 11 is 0. The Morgan fingerprint density at radius 3 is 2.33 bits per heavy atom. The van der Waals surface area contributed by atoms with E-state index in [9.17, 15) is 22.0 Å². The van der Waals surface area contributed by atoms with Crippen LogP contribution in [-0.2, 0) is 7.05 Å². The molecule has 3 nitrogen and oxygen atoms in total. The third-order valence-electron chi connectivity index (χ3n) is 1.70. The van der Waals surface area contributed by atoms with Crippen molar-refractivity contribution in [1.29, 1.82) is 0 Å². The van der Waals surface area contributed by atoms with Gasteiger partial charge in [-0.25, -0.2) is 8.78 Å². The molecule has 0 aromatic carbocycles. The molecule has 0 spiro atoms. The lowest BCUT2D eigenvalue weighted by molar-refractivity contribution is -0.207. The third-order valence-corrected chi connectivity index (χ3v) is 1.70. The molecule has 0 unspecified atom stereocenters. The lowest BCUT2D eigenvalue weighted by atomic mass is 10.1. The molecule has 0 saturated heterocycles. The van der Waals surface area contributed by atoms with E-state index < -0.39 is 30.0 Å². The Hall–Kier alpha value is -1.18. The molecule has 1 heterocycles. The van der Waals surface area contributed by atoms with Gasteiger partial charge in [0.1, 0.15) is 5.69 Å². The van der Waals surface area contributed by atoms with E-state index in [1.165, 1.54) is 7.05 Å². The van der Waals surface area contributed by atoms with Crippen molar-refractivity contribution in [1.82, 2.24) is 9.78 Å². The predicted octanol–water partition coefficient (Wildman–Crippen LogP) is 1.95. The zero-order valence-electron chi connectivity index (χ0n) is 7.46. The molecule has 1 atom stereocenters. The molecule has 0 aliphatic carbocycles. The topological polar surface area (TPSA) is 38.0 Å². The average molecular weight is 230 g/mol. The molecule has 86 valence electrons. The van der Waals surface area contributed by atoms with Crippen LogP contribution in [0.25, 0.3) is 0 Å². The molecule has 1 N–H and O–H groups in total. The van der Waals surface area contributed by atoms with Gasteiger partial charge >= 0.3 is 6.18 Å². The quantitative estimate of drug-likeness (QED) is 0.788. The summed E-state index contributed by atoms with van der Waals surface area (Å²) in [5, 5.41) is 11.9. The van der Waals surface area contributed by atoms with Gasteiger partial charge in [-0.05, 0) is 0 Å². The number of halogens is 5. The first kappa shape index (κ1) is 11.9. The molecular formula is C7H7F5N2O. The Balaban J connectivity index is 3.13. The van der Waals surface area contributed by atoms with Crippen LogP contribution in [0, 0.1) is 0 Å². The van der Waals surface area contributed by atoms with Crippen molar-refractivity contribution in [2.24, 2.45) is 7.05 Å². The van der Waals surface area contributed by atoms with Crippen LogP contribution in [0.3, 0.4) is 0 Å². The number of hydrogen-bond donors (Lipinski definition) is 1. The van der Waals surface area contributed by atoms with Crippen LogP contribution in [0.1, 0.15) is 23.8 Å². The number of alkyl halides is 5. The maximum Gasteiger partial charge on any atom is 0.418 e. The monoisotopic (exact) mass is 230 g/mol. The molecule has 0 radical (unpaired) electrons. The molecule has 0 aliphatic rings. The van der Waals surface area contributed by atoms with E-state index in [4.69, 9.17) is 5.11 Å². The molecule has 1 aromatic heterocycles. The first-order valence-corrected chi connectivity index (χ1v) is 3.80. The number of aliphatic hydroxyl groups excluding tert-OH is 1. The highest BCUT2D eigenvalue weighted by Gasteiger charge is 2.42. The second-order valence-corrected chi connectivity index (χ2v) is 2.89. The summed E-state index contributed by atoms with van der Waals surface area (Å²) in [6.45, 7) is 0. The molecule has 0 aliphatic heterocycles. The average Bonchev–Trinajstić information content (AvgIpc) is 2.44. The summed E-state index contributed by atoms with van der Waals surface area (Å²) in [6.07, 6.45) is -10.3. The second-order valence-electron chi connectivity index (χ2n) is 2.89. The van der Waals surface area contributed by atoms with Gasteiger partial charge in [-0.2, -0.15) is 18.3 Å². The number of hydrogen-bond acceptors (Lipinski definition) is 2. The summed E-state index contributed by atoms with van der Waals surface area (Å²) in [7, 11) is 1.19. The van der Waals surface area contributed by atoms with Crippen molar-refractivity contribution in [2.45, 2.75) is 18.7 Å². The van der Waals surface area contributed by atoms with Crippen LogP contribution in [0.2, 0.25) is 0 Å². The molecule has 0 bridgehead atoms. The highest BCUT2D eigenvalue weighted by atomic mass is 19.4. The maximum absolute atomic E-state index is 12.2. The summed E-state index contributed by atoms with van der Waals surface area (Å²) in [4.78, 5) is 0. The fraction of sp³-hybridized carbons (Fsp3) is 0.571. The second kappa shape index (κ2) is 3.76. The number of aliphatic hydroxyl groups is 1. The molecule has 1 aromatic rings. The van der Waals surface area contributed by atoms with Crippen molar-refractivity contribution in [2.75, 3.05) is 0 Å². The van der Waals surface area contributed by atoms with Gasteiger partial charge in [0.15, 0.2) is 6.10 Å². The Labute approximate surface area is 81.1 Å². The van der Waals surface area contributed by atoms with E-state index >= 15 is 0 Å². The summed E-state index contributed by atoms with van der Waals surface area (Å²) in [5.41, 5.74) is -1.97. The van der Waals surface area contributed by atoms with Gasteiger partial charge in [0, 0.05) is 18.8 Å². The van der Waals surface area contributed by atoms with Crippen molar-refractivity contribution in [3.8, 4) is 0 Å². The van der Waals surface area contributed by atoms with Crippen LogP contribution in [0.4, 0.5) is 22.0 Å². The predicted molar refractivity (Wildman–Crippen MR) is 39.2 cm³/mol. The summed E-state index contributed by atoms with van der Waals surface area (Å²) in [6, 6.07) is 0. The Morgan fingerprint density at radius 1 is 1.40 bits per heavy atom. The van der Waals surface area contributed by atoms with Crippen LogP contribution < -0.4 is 0 Å². The van der Waals surface area contributed by atoms with Crippen LogP contribution >= 0.6 is 0 Å². The highest BCUT2D eigenvalue weighted by molar-refractivity contribution is 5.22. The van der Waals surface area contributed by atoms with Gasteiger partial charge in [-0.15, -0.1) is 0 Å². The minimum absolute atomic E-state index is 0.722. The first-order chi connectivity index (χ1) is 6.73. The van der Waals surface area contributed by atoms with Crippen molar-refractivity contribution in [3.05, 3.63) is 17.5 Å². The van der Waals surface area contributed by atoms with E-state index in [2.05, 4.69) is 5.10 Å². The van der Waals surface area contributed by atoms with Gasteiger partial charge in [0.2, 0.25) is 0 Å². The summed E-state index contributed by atoms with van der Waals surface area (Å²) < 4.78 is 61.4. The Bertz CT molecular complexity index is 346. The van der Waals surface area contributed by atoms with Crippen LogP contribution in [-0.4, -0.2) is 21.1 Å². The fourth-order valence-electron chi connectivity index (χ4n) is 1.08. The Kier molecular flexibility index (Phi) is 2.98. The van der Waals surface area contributed by atoms with E-state index in [1.807, 2.05) is 0 Å². The van der Waals surface area contributed by atoms with Crippen molar-refractivity contribution in [3.63, 3.8) is 0 Å². The zero-order valence-corrected chi connectivity index (χ0v) is 7.46. The third kappa shape index (κ3) is 2.44. The number of rotatable bonds is 2. The highest BCUT2D eigenvalue weighted by Crippen LogP contribution is 2.36. The standard InChI is InChI=1S/C7H7F5N2O/c1-14-2-3(4(13-14)6(8)9)5(15)7(10,11)12/h2,5-6,15H,1H3/t5-/m0/s1. The molecule has 15 heavy (non-hydrogen) atoms. The van der Waals surface area contributed by atoms with E-state index in [-0.39, 0.29) is 0 Å². The minimum Gasteiger partial charge on any atom is -0.379 e. The number of aryl methyl sites for hydroxylation is 1. The number of nitrogens with zero attached hydrogens (tertiary/aromatic N) is 2. The van der Waals surface area contributed by atoms with Gasteiger partial charge in [0.05, 0.1) is 0 Å². The summed E-state index contributed by atoms with van der Waals surface area (Å²) in [5.74, 6) is 0. The van der Waals surface area contributed by atoms with Gasteiger partial charge in [-0.3, -0.25) is 4.68 Å². The van der Waals surface area contributed by atoms with Gasteiger partial charge in [-0.1, -0.05) is 0 Å². The SMILES string of the molecule is Cn1cc([C@H](O)C(F)(F)F)c(C(F)F)n1. The van der Waals surface area contributed by atoms with E-state index in [0.29, 0.717) is 0 Å². The molecular weight excluding hydrogens is 223 g/mol. The van der Waals surface area contributed by atoms with E-state index in [0.717, 1.165) is 10.9 Å². The van der Waals surface area contributed by atoms with Crippen LogP contribution in [0.5, 0.6) is 0 Å². The van der Waals surface area contributed by atoms with Crippen molar-refractivity contribution >= 4 is 0 Å². The fourth-order valence-corrected chi connectivity index (χ4v) is 1.08. The molecule has 1 rings (SSSR count). The van der Waals surface area contributed by atoms with Gasteiger partial charge < -0.3 is 5.11 Å². The Morgan fingerprint density at radius 2 is 1.93 bits per heavy atom. The van der Waals surface area contributed by atoms with Crippen LogP contribution in [0.15, 0.2) is 6.20 Å². The van der Waals surface area contributed by atoms with E-state index in [1.54, 1.807) is 0 Å². The smallest absolute Gasteiger partial charge is 0.379 e. The zero-order chi connectivity index (χ0) is 11.8. The normalized spacial score (nSPS) is 14.7. The van der Waals surface area contributed by atoms with Gasteiger partial charge in [0.25, 0.3) is 6.43 Å². The van der Waals surface area contributed by atoms with Crippen molar-refractivity contribution < 1.29 is 27.1 Å². The lowest BCUT2D eigenvalue weighted by Gasteiger charge is -2.13. The molecule has 0 amide bonds. The minimum atomic E-state index is -4.98. The first-order valence-electron chi connectivity index (χ1n) is 3.80. The largest absolute Gasteiger partial charge is 0.418 e. The molecule has 0 saturated carbocycles. The maximum atomic E-state index is 12.2. The molecule has 0 fully saturated rings. The number of aromatic nitrogens is 2.